The predicted octanol–water partition coefficient (Wildman–Crippen LogP) is 4.16. The van der Waals surface area contributed by atoms with E-state index in [9.17, 15) is 9.59 Å². The van der Waals surface area contributed by atoms with Crippen molar-refractivity contribution in [2.75, 3.05) is 5.32 Å². The molecule has 3 rings (SSSR count). The number of hydrogen-bond acceptors (Lipinski definition) is 4. The fourth-order valence-electron chi connectivity index (χ4n) is 2.38. The molecule has 0 saturated heterocycles. The van der Waals surface area contributed by atoms with Crippen LogP contribution in [0.5, 0.6) is 0 Å². The van der Waals surface area contributed by atoms with Gasteiger partial charge < -0.3 is 9.15 Å². The van der Waals surface area contributed by atoms with E-state index in [1.807, 2.05) is 56.3 Å². The summed E-state index contributed by atoms with van der Waals surface area (Å²) in [6.45, 7) is 3.97. The first-order valence-electron chi connectivity index (χ1n) is 7.56. The van der Waals surface area contributed by atoms with Crippen molar-refractivity contribution in [3.8, 4) is 0 Å². The highest BCUT2D eigenvalue weighted by molar-refractivity contribution is 5.89. The van der Waals surface area contributed by atoms with E-state index in [0.29, 0.717) is 5.58 Å². The van der Waals surface area contributed by atoms with Crippen LogP contribution in [-0.2, 0) is 11.3 Å². The van der Waals surface area contributed by atoms with Crippen molar-refractivity contribution < 1.29 is 13.9 Å². The molecule has 0 spiro atoms. The van der Waals surface area contributed by atoms with Gasteiger partial charge in [0.05, 0.1) is 0 Å². The lowest BCUT2D eigenvalue weighted by atomic mass is 10.1. The molecule has 1 amide bonds. The smallest absolute Gasteiger partial charge is 0.412 e. The summed E-state index contributed by atoms with van der Waals surface area (Å²) in [5.41, 5.74) is 2.79. The van der Waals surface area contributed by atoms with Crippen molar-refractivity contribution >= 4 is 22.7 Å². The maximum atomic E-state index is 12.1. The fraction of sp³-hybridized carbons (Fsp3) is 0.158. The topological polar surface area (TPSA) is 68.5 Å². The monoisotopic (exact) mass is 323 g/mol. The van der Waals surface area contributed by atoms with Gasteiger partial charge in [0.1, 0.15) is 17.9 Å². The van der Waals surface area contributed by atoms with Gasteiger partial charge in [-0.05, 0) is 36.6 Å². The summed E-state index contributed by atoms with van der Waals surface area (Å²) in [5, 5.41) is 3.19. The van der Waals surface area contributed by atoms with Gasteiger partial charge in [-0.15, -0.1) is 0 Å². The van der Waals surface area contributed by atoms with Crippen LogP contribution in [0.15, 0.2) is 57.7 Å². The minimum atomic E-state index is -0.700. The Balaban J connectivity index is 1.77. The molecule has 0 aliphatic heterocycles. The summed E-state index contributed by atoms with van der Waals surface area (Å²) in [6, 6.07) is 14.7. The summed E-state index contributed by atoms with van der Waals surface area (Å²) in [4.78, 5) is 24.0. The van der Waals surface area contributed by atoms with Gasteiger partial charge in [-0.25, -0.2) is 9.59 Å². The Morgan fingerprint density at radius 2 is 1.88 bits per heavy atom. The van der Waals surface area contributed by atoms with E-state index >= 15 is 0 Å². The predicted molar refractivity (Wildman–Crippen MR) is 92.2 cm³/mol. The number of hydrogen-bond donors (Lipinski definition) is 1. The molecule has 122 valence electrons. The molecule has 0 radical (unpaired) electrons. The zero-order chi connectivity index (χ0) is 17.1. The SMILES string of the molecule is Cc1ccc2cc(NC(=O)OCc3ccccc3)c(=O)oc2c1C. The van der Waals surface area contributed by atoms with Crippen LogP contribution in [0.4, 0.5) is 10.5 Å². The summed E-state index contributed by atoms with van der Waals surface area (Å²) in [6.07, 6.45) is -0.700. The number of ether oxygens (including phenoxy) is 1. The van der Waals surface area contributed by atoms with Crippen LogP contribution in [0.2, 0.25) is 0 Å². The minimum Gasteiger partial charge on any atom is -0.444 e. The van der Waals surface area contributed by atoms with Crippen molar-refractivity contribution in [2.45, 2.75) is 20.5 Å². The molecule has 3 aromatic rings. The molecule has 1 heterocycles. The summed E-state index contributed by atoms with van der Waals surface area (Å²) < 4.78 is 10.5. The second-order valence-electron chi connectivity index (χ2n) is 5.56. The Morgan fingerprint density at radius 3 is 2.62 bits per heavy atom. The van der Waals surface area contributed by atoms with E-state index in [2.05, 4.69) is 5.32 Å². The number of nitrogens with one attached hydrogen (secondary N) is 1. The number of carbonyl (C=O) groups is 1. The van der Waals surface area contributed by atoms with Crippen LogP contribution in [0.1, 0.15) is 16.7 Å². The van der Waals surface area contributed by atoms with Gasteiger partial charge in [0.25, 0.3) is 0 Å². The standard InChI is InChI=1S/C19H17NO4/c1-12-8-9-15-10-16(18(21)24-17(15)13(12)2)20-19(22)23-11-14-6-4-3-5-7-14/h3-10H,11H2,1-2H3,(H,20,22). The Kier molecular flexibility index (Phi) is 4.33. The molecule has 0 fully saturated rings. The van der Waals surface area contributed by atoms with E-state index in [-0.39, 0.29) is 12.3 Å². The third-order valence-electron chi connectivity index (χ3n) is 3.87. The van der Waals surface area contributed by atoms with Gasteiger partial charge in [0.2, 0.25) is 0 Å². The maximum absolute atomic E-state index is 12.1. The van der Waals surface area contributed by atoms with Crippen molar-refractivity contribution in [1.82, 2.24) is 0 Å². The maximum Gasteiger partial charge on any atom is 0.412 e. The first-order chi connectivity index (χ1) is 11.5. The Hall–Kier alpha value is -3.08. The van der Waals surface area contributed by atoms with Gasteiger partial charge in [0, 0.05) is 5.39 Å². The minimum absolute atomic E-state index is 0.0591. The van der Waals surface area contributed by atoms with E-state index in [1.165, 1.54) is 0 Å². The molecule has 1 aromatic heterocycles. The van der Waals surface area contributed by atoms with Crippen LogP contribution in [0, 0.1) is 13.8 Å². The zero-order valence-electron chi connectivity index (χ0n) is 13.5. The summed E-state index contributed by atoms with van der Waals surface area (Å²) >= 11 is 0. The molecule has 5 heteroatoms. The van der Waals surface area contributed by atoms with Crippen LogP contribution in [0.3, 0.4) is 0 Å². The number of fused-ring (bicyclic) bond motifs is 1. The summed E-state index contributed by atoms with van der Waals surface area (Å²) in [7, 11) is 0. The number of rotatable bonds is 3. The first-order valence-corrected chi connectivity index (χ1v) is 7.56. The molecule has 0 unspecified atom stereocenters. The molecule has 0 atom stereocenters. The molecular formula is C19H17NO4. The Bertz CT molecular complexity index is 945. The molecular weight excluding hydrogens is 306 g/mol. The molecule has 1 N–H and O–H groups in total. The van der Waals surface area contributed by atoms with E-state index in [0.717, 1.165) is 22.1 Å². The lowest BCUT2D eigenvalue weighted by molar-refractivity contribution is 0.155. The number of aryl methyl sites for hydroxylation is 2. The normalized spacial score (nSPS) is 10.6. The van der Waals surface area contributed by atoms with Gasteiger partial charge in [-0.1, -0.05) is 42.5 Å². The molecule has 0 bridgehead atoms. The van der Waals surface area contributed by atoms with Gasteiger partial charge >= 0.3 is 11.7 Å². The summed E-state index contributed by atoms with van der Waals surface area (Å²) in [5.74, 6) is 0. The first kappa shape index (κ1) is 15.8. The van der Waals surface area contributed by atoms with Gasteiger partial charge in [-0.3, -0.25) is 5.32 Å². The number of anilines is 1. The average Bonchev–Trinajstić information content (AvgIpc) is 2.59. The third-order valence-corrected chi connectivity index (χ3v) is 3.87. The van der Waals surface area contributed by atoms with E-state index < -0.39 is 11.7 Å². The number of carbonyl (C=O) groups excluding carboxylic acids is 1. The molecule has 0 aliphatic rings. The molecule has 2 aromatic carbocycles. The van der Waals surface area contributed by atoms with Crippen LogP contribution >= 0.6 is 0 Å². The van der Waals surface area contributed by atoms with E-state index in [4.69, 9.17) is 9.15 Å². The molecule has 24 heavy (non-hydrogen) atoms. The lowest BCUT2D eigenvalue weighted by Gasteiger charge is -2.08. The number of benzene rings is 2. The van der Waals surface area contributed by atoms with Crippen LogP contribution in [-0.4, -0.2) is 6.09 Å². The highest BCUT2D eigenvalue weighted by Crippen LogP contribution is 2.22. The largest absolute Gasteiger partial charge is 0.444 e. The van der Waals surface area contributed by atoms with Crippen molar-refractivity contribution in [3.05, 3.63) is 75.6 Å². The zero-order valence-corrected chi connectivity index (χ0v) is 13.5. The van der Waals surface area contributed by atoms with E-state index in [1.54, 1.807) is 6.07 Å². The van der Waals surface area contributed by atoms with Gasteiger partial charge in [0.15, 0.2) is 0 Å². The quantitative estimate of drug-likeness (QED) is 0.735. The van der Waals surface area contributed by atoms with Crippen LogP contribution < -0.4 is 10.9 Å². The average molecular weight is 323 g/mol. The van der Waals surface area contributed by atoms with Crippen molar-refractivity contribution in [2.24, 2.45) is 0 Å². The highest BCUT2D eigenvalue weighted by Gasteiger charge is 2.12. The second kappa shape index (κ2) is 6.58. The lowest BCUT2D eigenvalue weighted by Crippen LogP contribution is -2.18. The van der Waals surface area contributed by atoms with Gasteiger partial charge in [-0.2, -0.15) is 0 Å². The molecule has 0 saturated carbocycles. The van der Waals surface area contributed by atoms with Crippen molar-refractivity contribution in [1.29, 1.82) is 0 Å². The Labute approximate surface area is 138 Å². The van der Waals surface area contributed by atoms with Crippen molar-refractivity contribution in [3.63, 3.8) is 0 Å². The molecule has 0 aliphatic carbocycles. The second-order valence-corrected chi connectivity index (χ2v) is 5.56. The molecule has 5 nitrogen and oxygen atoms in total. The fourth-order valence-corrected chi connectivity index (χ4v) is 2.38. The van der Waals surface area contributed by atoms with Crippen LogP contribution in [0.25, 0.3) is 11.0 Å². The number of amides is 1. The third kappa shape index (κ3) is 3.30. The highest BCUT2D eigenvalue weighted by atomic mass is 16.5. The Morgan fingerprint density at radius 1 is 1.12 bits per heavy atom.